The molecule has 0 radical (unpaired) electrons. The average Bonchev–Trinajstić information content (AvgIpc) is 2.99. The van der Waals surface area contributed by atoms with Gasteiger partial charge in [0.15, 0.2) is 23.3 Å². The molecule has 3 N–H and O–H groups in total. The van der Waals surface area contributed by atoms with Gasteiger partial charge in [0.1, 0.15) is 5.82 Å². The minimum atomic E-state index is -1.48. The number of esters is 2. The average molecular weight is 622 g/mol. The van der Waals surface area contributed by atoms with E-state index in [1.165, 1.54) is 42.2 Å². The number of nitrogens with one attached hydrogen (secondary N) is 1. The zero-order valence-corrected chi connectivity index (χ0v) is 25.1. The van der Waals surface area contributed by atoms with Gasteiger partial charge in [-0.2, -0.15) is 0 Å². The van der Waals surface area contributed by atoms with Crippen LogP contribution in [0.3, 0.4) is 0 Å². The second-order valence-electron chi connectivity index (χ2n) is 9.89. The van der Waals surface area contributed by atoms with E-state index < -0.39 is 52.7 Å². The predicted molar refractivity (Wildman–Crippen MR) is 158 cm³/mol. The summed E-state index contributed by atoms with van der Waals surface area (Å²) in [6.07, 6.45) is 5.04. The zero-order chi connectivity index (χ0) is 31.5. The minimum absolute atomic E-state index is 0.0631. The summed E-state index contributed by atoms with van der Waals surface area (Å²) in [4.78, 5) is 28.7. The summed E-state index contributed by atoms with van der Waals surface area (Å²) >= 11 is 1.23. The Bertz CT molecular complexity index is 1440. The molecule has 2 aromatic carbocycles. The minimum Gasteiger partial charge on any atom is -0.465 e. The predicted octanol–water partition coefficient (Wildman–Crippen LogP) is 7.58. The smallest absolute Gasteiger partial charge is 0.340 e. The molecule has 0 amide bonds. The van der Waals surface area contributed by atoms with Crippen LogP contribution < -0.4 is 11.1 Å². The third-order valence-electron chi connectivity index (χ3n) is 6.86. The Morgan fingerprint density at radius 2 is 1.81 bits per heavy atom. The molecular weight excluding hydrogens is 586 g/mol. The van der Waals surface area contributed by atoms with E-state index in [0.29, 0.717) is 23.2 Å². The zero-order valence-electron chi connectivity index (χ0n) is 24.3. The number of pyridine rings is 1. The van der Waals surface area contributed by atoms with Crippen molar-refractivity contribution in [2.75, 3.05) is 30.5 Å². The van der Waals surface area contributed by atoms with Gasteiger partial charge in [-0.15, -0.1) is 11.8 Å². The number of ether oxygens (including phenoxy) is 2. The van der Waals surface area contributed by atoms with E-state index in [1.54, 1.807) is 0 Å². The summed E-state index contributed by atoms with van der Waals surface area (Å²) < 4.78 is 69.9. The van der Waals surface area contributed by atoms with Gasteiger partial charge in [0.05, 0.1) is 37.1 Å². The summed E-state index contributed by atoms with van der Waals surface area (Å²) in [5, 5.41) is 2.45. The van der Waals surface area contributed by atoms with Gasteiger partial charge in [-0.1, -0.05) is 33.1 Å². The number of aromatic nitrogens is 1. The SMILES string of the molecule is CCCCC(CC)COC(=O)CCSc1ccc(Nc2c(C(=O)OC)cc(Cc3ccnc(N)c3F)c(F)c2F)c(F)c1. The van der Waals surface area contributed by atoms with E-state index >= 15 is 13.2 Å². The van der Waals surface area contributed by atoms with Crippen LogP contribution in [0.1, 0.15) is 67.4 Å². The van der Waals surface area contributed by atoms with Crippen LogP contribution in [0.2, 0.25) is 0 Å². The van der Waals surface area contributed by atoms with Crippen LogP contribution in [-0.2, 0) is 20.7 Å². The van der Waals surface area contributed by atoms with Crippen LogP contribution in [0.5, 0.6) is 0 Å². The number of nitrogens with zero attached hydrogens (tertiary/aromatic N) is 1. The molecule has 43 heavy (non-hydrogen) atoms. The summed E-state index contributed by atoms with van der Waals surface area (Å²) in [6, 6.07) is 6.28. The quantitative estimate of drug-likeness (QED) is 0.102. The summed E-state index contributed by atoms with van der Waals surface area (Å²) in [7, 11) is 1.05. The van der Waals surface area contributed by atoms with E-state index in [4.69, 9.17) is 15.2 Å². The molecule has 0 aliphatic carbocycles. The van der Waals surface area contributed by atoms with Crippen LogP contribution in [0.4, 0.5) is 34.8 Å². The topological polar surface area (TPSA) is 104 Å². The lowest BCUT2D eigenvalue weighted by molar-refractivity contribution is -0.144. The molecule has 1 unspecified atom stereocenters. The first-order valence-electron chi connectivity index (χ1n) is 13.9. The van der Waals surface area contributed by atoms with Crippen LogP contribution in [0.15, 0.2) is 41.4 Å². The van der Waals surface area contributed by atoms with Gasteiger partial charge in [-0.3, -0.25) is 4.79 Å². The van der Waals surface area contributed by atoms with Crippen molar-refractivity contribution in [3.05, 3.63) is 76.5 Å². The van der Waals surface area contributed by atoms with E-state index in [0.717, 1.165) is 38.9 Å². The highest BCUT2D eigenvalue weighted by atomic mass is 32.2. The van der Waals surface area contributed by atoms with Crippen molar-refractivity contribution >= 4 is 40.9 Å². The number of thioether (sulfide) groups is 1. The number of benzene rings is 2. The van der Waals surface area contributed by atoms with Crippen molar-refractivity contribution in [1.29, 1.82) is 0 Å². The number of carbonyl (C=O) groups excluding carboxylic acids is 2. The molecule has 3 aromatic rings. The van der Waals surface area contributed by atoms with Crippen molar-refractivity contribution in [1.82, 2.24) is 4.98 Å². The van der Waals surface area contributed by atoms with E-state index in [2.05, 4.69) is 24.1 Å². The second kappa shape index (κ2) is 16.2. The second-order valence-corrected chi connectivity index (χ2v) is 11.1. The molecule has 0 saturated carbocycles. The molecule has 0 aliphatic rings. The van der Waals surface area contributed by atoms with E-state index in [9.17, 15) is 14.0 Å². The van der Waals surface area contributed by atoms with E-state index in [-0.39, 0.29) is 29.2 Å². The van der Waals surface area contributed by atoms with Crippen molar-refractivity contribution in [3.8, 4) is 0 Å². The molecule has 0 aliphatic heterocycles. The van der Waals surface area contributed by atoms with Crippen molar-refractivity contribution in [2.45, 2.75) is 57.3 Å². The van der Waals surface area contributed by atoms with Crippen molar-refractivity contribution in [2.24, 2.45) is 5.92 Å². The van der Waals surface area contributed by atoms with Crippen molar-refractivity contribution in [3.63, 3.8) is 0 Å². The Balaban J connectivity index is 1.71. The van der Waals surface area contributed by atoms with Crippen LogP contribution in [0.25, 0.3) is 0 Å². The number of unbranched alkanes of at least 4 members (excludes halogenated alkanes) is 1. The Labute approximate surface area is 252 Å². The molecule has 1 aromatic heterocycles. The standard InChI is InChI=1S/C31H35F4N3O4S/c1-4-6-7-18(5-2)17-42-25(39)11-13-43-21-8-9-24(23(32)16-21)38-29-22(31(40)41-3)15-20(26(33)28(29)35)14-19-10-12-37-30(36)27(19)34/h8-10,12,15-16,18,38H,4-7,11,13-14,17H2,1-3H3,(H2,36,37). The first-order valence-corrected chi connectivity index (χ1v) is 14.9. The molecule has 1 atom stereocenters. The van der Waals surface area contributed by atoms with Crippen LogP contribution in [-0.4, -0.2) is 36.4 Å². The first kappa shape index (κ1) is 33.7. The Hall–Kier alpha value is -3.80. The number of halogens is 4. The lowest BCUT2D eigenvalue weighted by Crippen LogP contribution is -2.14. The number of nitrogen functional groups attached to an aromatic ring is 1. The molecule has 7 nitrogen and oxygen atoms in total. The van der Waals surface area contributed by atoms with Crippen molar-refractivity contribution < 1.29 is 36.6 Å². The first-order chi connectivity index (χ1) is 20.6. The molecule has 232 valence electrons. The maximum atomic E-state index is 15.3. The largest absolute Gasteiger partial charge is 0.465 e. The third kappa shape index (κ3) is 9.09. The number of anilines is 3. The molecule has 0 fully saturated rings. The Morgan fingerprint density at radius 1 is 1.05 bits per heavy atom. The Kier molecular flexibility index (Phi) is 12.7. The number of hydrogen-bond donors (Lipinski definition) is 2. The maximum Gasteiger partial charge on any atom is 0.340 e. The number of rotatable bonds is 15. The maximum absolute atomic E-state index is 15.3. The highest BCUT2D eigenvalue weighted by Crippen LogP contribution is 2.33. The highest BCUT2D eigenvalue weighted by molar-refractivity contribution is 7.99. The molecular formula is C31H35F4N3O4S. The normalized spacial score (nSPS) is 11.7. The molecule has 12 heteroatoms. The fourth-order valence-corrected chi connectivity index (χ4v) is 5.15. The molecule has 0 saturated heterocycles. The highest BCUT2D eigenvalue weighted by Gasteiger charge is 2.25. The van der Waals surface area contributed by atoms with Gasteiger partial charge >= 0.3 is 11.9 Å². The third-order valence-corrected chi connectivity index (χ3v) is 7.86. The van der Waals surface area contributed by atoms with Gasteiger partial charge in [-0.25, -0.2) is 27.3 Å². The molecule has 3 rings (SSSR count). The van der Waals surface area contributed by atoms with Gasteiger partial charge < -0.3 is 20.5 Å². The molecule has 1 heterocycles. The van der Waals surface area contributed by atoms with Gasteiger partial charge in [0.25, 0.3) is 0 Å². The lowest BCUT2D eigenvalue weighted by atomic mass is 10.00. The molecule has 0 spiro atoms. The Morgan fingerprint density at radius 3 is 2.49 bits per heavy atom. The fraction of sp³-hybridized carbons (Fsp3) is 0.387. The monoisotopic (exact) mass is 621 g/mol. The molecule has 0 bridgehead atoms. The van der Waals surface area contributed by atoms with Gasteiger partial charge in [0, 0.05) is 23.3 Å². The fourth-order valence-electron chi connectivity index (χ4n) is 4.30. The number of nitrogens with two attached hydrogens (primary N) is 1. The van der Waals surface area contributed by atoms with Gasteiger partial charge in [-0.05, 0) is 53.8 Å². The summed E-state index contributed by atoms with van der Waals surface area (Å²) in [6.45, 7) is 4.57. The lowest BCUT2D eigenvalue weighted by Gasteiger charge is -2.16. The van der Waals surface area contributed by atoms with Crippen LogP contribution >= 0.6 is 11.8 Å². The number of carbonyl (C=O) groups is 2. The van der Waals surface area contributed by atoms with Gasteiger partial charge in [0.2, 0.25) is 0 Å². The number of hydrogen-bond acceptors (Lipinski definition) is 8. The number of methoxy groups -OCH3 is 1. The summed E-state index contributed by atoms with van der Waals surface area (Å²) in [5.41, 5.74) is 3.76. The van der Waals surface area contributed by atoms with Crippen LogP contribution in [0, 0.1) is 29.2 Å². The van der Waals surface area contributed by atoms with E-state index in [1.807, 2.05) is 0 Å². The summed E-state index contributed by atoms with van der Waals surface area (Å²) in [5.74, 6) is -5.60.